The van der Waals surface area contributed by atoms with Gasteiger partial charge in [0.05, 0.1) is 5.92 Å². The molecular weight excluding hydrogens is 188 g/mol. The lowest BCUT2D eigenvalue weighted by Gasteiger charge is -2.09. The highest BCUT2D eigenvalue weighted by molar-refractivity contribution is 8.14. The fourth-order valence-corrected chi connectivity index (χ4v) is 1.42. The SMILES string of the molecule is C=CCSC(=NO)C(C)C(=O)NC. The molecule has 0 bridgehead atoms. The van der Waals surface area contributed by atoms with Gasteiger partial charge in [-0.05, 0) is 6.92 Å². The summed E-state index contributed by atoms with van der Waals surface area (Å²) in [5.74, 6) is 0.0464. The number of hydrogen-bond donors (Lipinski definition) is 2. The largest absolute Gasteiger partial charge is 0.410 e. The molecule has 13 heavy (non-hydrogen) atoms. The smallest absolute Gasteiger partial charge is 0.229 e. The van der Waals surface area contributed by atoms with Crippen LogP contribution in [0.5, 0.6) is 0 Å². The topological polar surface area (TPSA) is 61.7 Å². The van der Waals surface area contributed by atoms with E-state index in [1.165, 1.54) is 11.8 Å². The van der Waals surface area contributed by atoms with Gasteiger partial charge >= 0.3 is 0 Å². The number of thioether (sulfide) groups is 1. The molecule has 1 amide bonds. The van der Waals surface area contributed by atoms with Crippen molar-refractivity contribution in [1.82, 2.24) is 5.32 Å². The molecule has 4 nitrogen and oxygen atoms in total. The predicted octanol–water partition coefficient (Wildman–Crippen LogP) is 1.08. The lowest BCUT2D eigenvalue weighted by molar-refractivity contribution is -0.122. The van der Waals surface area contributed by atoms with Gasteiger partial charge in [-0.25, -0.2) is 0 Å². The van der Waals surface area contributed by atoms with E-state index in [1.54, 1.807) is 20.0 Å². The van der Waals surface area contributed by atoms with E-state index >= 15 is 0 Å². The van der Waals surface area contributed by atoms with Crippen molar-refractivity contribution in [3.05, 3.63) is 12.7 Å². The minimum atomic E-state index is -0.417. The molecule has 0 saturated heterocycles. The van der Waals surface area contributed by atoms with E-state index in [-0.39, 0.29) is 5.91 Å². The van der Waals surface area contributed by atoms with E-state index in [2.05, 4.69) is 17.1 Å². The Morgan fingerprint density at radius 1 is 1.85 bits per heavy atom. The molecule has 0 spiro atoms. The fraction of sp³-hybridized carbons (Fsp3) is 0.500. The van der Waals surface area contributed by atoms with Crippen LogP contribution in [-0.4, -0.2) is 29.0 Å². The number of oxime groups is 1. The van der Waals surface area contributed by atoms with Gasteiger partial charge in [-0.15, -0.1) is 18.3 Å². The van der Waals surface area contributed by atoms with Crippen LogP contribution in [0.3, 0.4) is 0 Å². The summed E-state index contributed by atoms with van der Waals surface area (Å²) >= 11 is 1.29. The second-order valence-corrected chi connectivity index (χ2v) is 3.41. The molecule has 0 radical (unpaired) electrons. The van der Waals surface area contributed by atoms with Crippen LogP contribution < -0.4 is 5.32 Å². The molecule has 0 saturated carbocycles. The van der Waals surface area contributed by atoms with Crippen LogP contribution in [0.1, 0.15) is 6.92 Å². The molecular formula is C8H14N2O2S. The number of carbonyl (C=O) groups is 1. The molecule has 0 aromatic rings. The first-order valence-corrected chi connectivity index (χ1v) is 4.83. The van der Waals surface area contributed by atoms with Crippen LogP contribution in [0, 0.1) is 5.92 Å². The van der Waals surface area contributed by atoms with Crippen LogP contribution >= 0.6 is 11.8 Å². The van der Waals surface area contributed by atoms with Gasteiger partial charge in [-0.1, -0.05) is 11.2 Å². The first kappa shape index (κ1) is 12.0. The Morgan fingerprint density at radius 2 is 2.46 bits per heavy atom. The lowest BCUT2D eigenvalue weighted by atomic mass is 10.2. The van der Waals surface area contributed by atoms with Gasteiger partial charge in [0.1, 0.15) is 5.04 Å². The minimum Gasteiger partial charge on any atom is -0.410 e. The average molecular weight is 202 g/mol. The van der Waals surface area contributed by atoms with E-state index in [1.807, 2.05) is 0 Å². The van der Waals surface area contributed by atoms with Gasteiger partial charge in [-0.2, -0.15) is 0 Å². The van der Waals surface area contributed by atoms with Crippen molar-refractivity contribution >= 4 is 22.7 Å². The van der Waals surface area contributed by atoms with Crippen molar-refractivity contribution in [3.8, 4) is 0 Å². The van der Waals surface area contributed by atoms with Crippen molar-refractivity contribution in [1.29, 1.82) is 0 Å². The third-order valence-electron chi connectivity index (χ3n) is 1.46. The van der Waals surface area contributed by atoms with E-state index in [0.717, 1.165) is 0 Å². The van der Waals surface area contributed by atoms with E-state index < -0.39 is 5.92 Å². The molecule has 0 heterocycles. The molecule has 0 rings (SSSR count). The first-order chi connectivity index (χ1) is 6.17. The van der Waals surface area contributed by atoms with Crippen molar-refractivity contribution in [2.45, 2.75) is 6.92 Å². The summed E-state index contributed by atoms with van der Waals surface area (Å²) < 4.78 is 0. The Morgan fingerprint density at radius 3 is 2.85 bits per heavy atom. The van der Waals surface area contributed by atoms with Crippen LogP contribution in [-0.2, 0) is 4.79 Å². The number of nitrogens with zero attached hydrogens (tertiary/aromatic N) is 1. The summed E-state index contributed by atoms with van der Waals surface area (Å²) in [6.45, 7) is 5.22. The summed E-state index contributed by atoms with van der Waals surface area (Å²) in [6, 6.07) is 0. The van der Waals surface area contributed by atoms with Crippen LogP contribution in [0.4, 0.5) is 0 Å². The fourth-order valence-electron chi connectivity index (χ4n) is 0.713. The normalized spacial score (nSPS) is 13.5. The van der Waals surface area contributed by atoms with Crippen LogP contribution in [0.25, 0.3) is 0 Å². The first-order valence-electron chi connectivity index (χ1n) is 3.84. The zero-order valence-corrected chi connectivity index (χ0v) is 8.60. The highest BCUT2D eigenvalue weighted by Gasteiger charge is 2.18. The van der Waals surface area contributed by atoms with Crippen LogP contribution in [0.2, 0.25) is 0 Å². The van der Waals surface area contributed by atoms with Crippen molar-refractivity contribution in [2.24, 2.45) is 11.1 Å². The average Bonchev–Trinajstić information content (AvgIpc) is 2.17. The predicted molar refractivity (Wildman–Crippen MR) is 55.1 cm³/mol. The van der Waals surface area contributed by atoms with Gasteiger partial charge in [0.15, 0.2) is 0 Å². The second kappa shape index (κ2) is 6.54. The Kier molecular flexibility index (Phi) is 6.05. The van der Waals surface area contributed by atoms with Crippen molar-refractivity contribution in [2.75, 3.05) is 12.8 Å². The van der Waals surface area contributed by atoms with Gasteiger partial charge in [0, 0.05) is 12.8 Å². The summed E-state index contributed by atoms with van der Waals surface area (Å²) in [4.78, 5) is 11.1. The maximum Gasteiger partial charge on any atom is 0.229 e. The quantitative estimate of drug-likeness (QED) is 0.236. The van der Waals surface area contributed by atoms with E-state index in [4.69, 9.17) is 5.21 Å². The number of hydrogen-bond acceptors (Lipinski definition) is 4. The molecule has 74 valence electrons. The molecule has 0 aliphatic rings. The lowest BCUT2D eigenvalue weighted by Crippen LogP contribution is -2.29. The number of nitrogens with one attached hydrogen (secondary N) is 1. The minimum absolute atomic E-state index is 0.163. The molecule has 0 aliphatic carbocycles. The van der Waals surface area contributed by atoms with Crippen molar-refractivity contribution in [3.63, 3.8) is 0 Å². The van der Waals surface area contributed by atoms with Gasteiger partial charge in [-0.3, -0.25) is 4.79 Å². The monoisotopic (exact) mass is 202 g/mol. The maximum absolute atomic E-state index is 11.1. The molecule has 0 aromatic carbocycles. The number of amides is 1. The Balaban J connectivity index is 4.23. The Labute approximate surface area is 82.1 Å². The molecule has 0 aromatic heterocycles. The molecule has 0 fully saturated rings. The Bertz CT molecular complexity index is 216. The summed E-state index contributed by atoms with van der Waals surface area (Å²) in [5, 5.41) is 14.6. The number of carbonyl (C=O) groups excluding carboxylic acids is 1. The van der Waals surface area contributed by atoms with Crippen LogP contribution in [0.15, 0.2) is 17.8 Å². The van der Waals surface area contributed by atoms with E-state index in [9.17, 15) is 4.79 Å². The molecule has 5 heteroatoms. The van der Waals surface area contributed by atoms with Gasteiger partial charge in [0.25, 0.3) is 0 Å². The third-order valence-corrected chi connectivity index (χ3v) is 2.59. The standard InChI is InChI=1S/C8H14N2O2S/c1-4-5-13-8(10-12)6(2)7(11)9-3/h4,6,12H,1,5H2,2-3H3,(H,9,11). The molecule has 1 unspecified atom stereocenters. The second-order valence-electron chi connectivity index (χ2n) is 2.37. The maximum atomic E-state index is 11.1. The van der Waals surface area contributed by atoms with Gasteiger partial charge in [0.2, 0.25) is 5.91 Å². The van der Waals surface area contributed by atoms with Gasteiger partial charge < -0.3 is 10.5 Å². The zero-order chi connectivity index (χ0) is 10.3. The van der Waals surface area contributed by atoms with E-state index in [0.29, 0.717) is 10.8 Å². The highest BCUT2D eigenvalue weighted by atomic mass is 32.2. The third kappa shape index (κ3) is 3.98. The molecule has 0 aliphatic heterocycles. The molecule has 2 N–H and O–H groups in total. The summed E-state index contributed by atoms with van der Waals surface area (Å²) in [7, 11) is 1.55. The zero-order valence-electron chi connectivity index (χ0n) is 7.78. The van der Waals surface area contributed by atoms with Crippen molar-refractivity contribution < 1.29 is 10.0 Å². The molecule has 1 atom stereocenters. The number of rotatable bonds is 4. The summed E-state index contributed by atoms with van der Waals surface area (Å²) in [5.41, 5.74) is 0. The summed E-state index contributed by atoms with van der Waals surface area (Å²) in [6.07, 6.45) is 1.69. The Hall–Kier alpha value is -0.970. The highest BCUT2D eigenvalue weighted by Crippen LogP contribution is 2.13.